The fourth-order valence-corrected chi connectivity index (χ4v) is 4.10. The molecule has 4 aromatic rings. The minimum atomic E-state index is 0.147. The normalized spacial score (nSPS) is 12.4. The van der Waals surface area contributed by atoms with Crippen molar-refractivity contribution in [2.45, 2.75) is 25.8 Å². The zero-order chi connectivity index (χ0) is 18.2. The molecule has 132 valence electrons. The van der Waals surface area contributed by atoms with Crippen molar-refractivity contribution in [1.29, 1.82) is 0 Å². The van der Waals surface area contributed by atoms with Gasteiger partial charge in [0.05, 0.1) is 5.56 Å². The molecule has 3 heteroatoms. The third-order valence-electron chi connectivity index (χ3n) is 5.51. The molecular weight excluding hydrogens is 332 g/mol. The summed E-state index contributed by atoms with van der Waals surface area (Å²) in [6.45, 7) is 0.930. The SMILES string of the molecule is O=C1c2ccccc2-c2cc[n+](CCCCc3c[nH]c4ccccc34)cc21. The van der Waals surface area contributed by atoms with Gasteiger partial charge >= 0.3 is 0 Å². The standard InChI is InChI=1S/C24H20N2O/c27-24-21-10-2-1-9-19(21)20-12-14-26(16-22(20)24)13-6-5-7-17-15-25-23-11-4-3-8-18(17)23/h1-4,8-12,14-16H,5-7,13H2/p+1. The van der Waals surface area contributed by atoms with Crippen LogP contribution in [-0.4, -0.2) is 10.8 Å². The van der Waals surface area contributed by atoms with E-state index in [9.17, 15) is 4.79 Å². The van der Waals surface area contributed by atoms with Gasteiger partial charge in [-0.15, -0.1) is 0 Å². The highest BCUT2D eigenvalue weighted by atomic mass is 16.1. The Morgan fingerprint density at radius 2 is 1.59 bits per heavy atom. The number of nitrogens with zero attached hydrogens (tertiary/aromatic N) is 1. The van der Waals surface area contributed by atoms with Crippen LogP contribution in [0.2, 0.25) is 0 Å². The van der Waals surface area contributed by atoms with E-state index in [1.54, 1.807) is 0 Å². The van der Waals surface area contributed by atoms with Crippen molar-refractivity contribution in [1.82, 2.24) is 4.98 Å². The lowest BCUT2D eigenvalue weighted by molar-refractivity contribution is -0.697. The molecule has 0 unspecified atom stereocenters. The first-order chi connectivity index (χ1) is 13.3. The van der Waals surface area contributed by atoms with Crippen LogP contribution in [0.15, 0.2) is 73.2 Å². The van der Waals surface area contributed by atoms with Crippen LogP contribution >= 0.6 is 0 Å². The van der Waals surface area contributed by atoms with Gasteiger partial charge in [0.2, 0.25) is 0 Å². The Balaban J connectivity index is 1.26. The molecule has 2 aromatic carbocycles. The Hall–Kier alpha value is -3.20. The number of para-hydroxylation sites is 1. The first-order valence-electron chi connectivity index (χ1n) is 9.53. The Morgan fingerprint density at radius 3 is 2.52 bits per heavy atom. The molecule has 27 heavy (non-hydrogen) atoms. The van der Waals surface area contributed by atoms with Gasteiger partial charge in [0.15, 0.2) is 18.2 Å². The Morgan fingerprint density at radius 1 is 0.815 bits per heavy atom. The number of unbranched alkanes of at least 4 members (excludes halogenated alkanes) is 1. The maximum absolute atomic E-state index is 12.6. The smallest absolute Gasteiger partial charge is 0.200 e. The molecule has 0 amide bonds. The van der Waals surface area contributed by atoms with E-state index in [1.165, 1.54) is 16.5 Å². The van der Waals surface area contributed by atoms with Gasteiger partial charge < -0.3 is 4.98 Å². The van der Waals surface area contributed by atoms with E-state index >= 15 is 0 Å². The topological polar surface area (TPSA) is 36.7 Å². The van der Waals surface area contributed by atoms with Crippen LogP contribution in [0.4, 0.5) is 0 Å². The molecule has 1 N–H and O–H groups in total. The zero-order valence-electron chi connectivity index (χ0n) is 15.1. The summed E-state index contributed by atoms with van der Waals surface area (Å²) in [5.41, 5.74) is 6.36. The number of aromatic amines is 1. The van der Waals surface area contributed by atoms with Crippen molar-refractivity contribution in [2.75, 3.05) is 0 Å². The third-order valence-corrected chi connectivity index (χ3v) is 5.51. The molecule has 0 spiro atoms. The third kappa shape index (κ3) is 2.76. The number of aryl methyl sites for hydroxylation is 2. The predicted octanol–water partition coefficient (Wildman–Crippen LogP) is 4.69. The van der Waals surface area contributed by atoms with Gasteiger partial charge in [-0.05, 0) is 30.0 Å². The van der Waals surface area contributed by atoms with E-state index in [0.29, 0.717) is 0 Å². The molecule has 1 aliphatic carbocycles. The average molecular weight is 353 g/mol. The predicted molar refractivity (Wildman–Crippen MR) is 107 cm³/mol. The molecule has 0 radical (unpaired) electrons. The van der Waals surface area contributed by atoms with E-state index < -0.39 is 0 Å². The number of ketones is 1. The van der Waals surface area contributed by atoms with Gasteiger partial charge in [0.25, 0.3) is 0 Å². The Kier molecular flexibility index (Phi) is 3.86. The van der Waals surface area contributed by atoms with Crippen LogP contribution in [0.25, 0.3) is 22.0 Å². The summed E-state index contributed by atoms with van der Waals surface area (Å²) in [5, 5.41) is 1.33. The largest absolute Gasteiger partial charge is 0.361 e. The van der Waals surface area contributed by atoms with E-state index in [1.807, 2.05) is 30.5 Å². The summed E-state index contributed by atoms with van der Waals surface area (Å²) in [4.78, 5) is 16.0. The number of fused-ring (bicyclic) bond motifs is 4. The van der Waals surface area contributed by atoms with Gasteiger partial charge in [-0.3, -0.25) is 4.79 Å². The van der Waals surface area contributed by atoms with Crippen LogP contribution in [0.1, 0.15) is 34.3 Å². The van der Waals surface area contributed by atoms with Gasteiger partial charge in [-0.1, -0.05) is 42.5 Å². The fraction of sp³-hybridized carbons (Fsp3) is 0.167. The fourth-order valence-electron chi connectivity index (χ4n) is 4.10. The lowest BCUT2D eigenvalue weighted by Crippen LogP contribution is -2.33. The second-order valence-electron chi connectivity index (χ2n) is 7.20. The summed E-state index contributed by atoms with van der Waals surface area (Å²) in [5.74, 6) is 0.147. The minimum Gasteiger partial charge on any atom is -0.361 e. The van der Waals surface area contributed by atoms with E-state index in [-0.39, 0.29) is 5.78 Å². The molecule has 0 atom stereocenters. The van der Waals surface area contributed by atoms with Gasteiger partial charge in [0.1, 0.15) is 6.54 Å². The lowest BCUT2D eigenvalue weighted by Gasteiger charge is -2.01. The molecule has 2 heterocycles. The van der Waals surface area contributed by atoms with E-state index in [4.69, 9.17) is 0 Å². The molecule has 3 nitrogen and oxygen atoms in total. The highest BCUT2D eigenvalue weighted by Gasteiger charge is 2.28. The molecule has 0 bridgehead atoms. The number of pyridine rings is 1. The highest BCUT2D eigenvalue weighted by Crippen LogP contribution is 2.35. The Bertz CT molecular complexity index is 1160. The second-order valence-corrected chi connectivity index (χ2v) is 7.20. The van der Waals surface area contributed by atoms with Gasteiger partial charge in [-0.25, -0.2) is 4.57 Å². The van der Waals surface area contributed by atoms with Crippen LogP contribution in [-0.2, 0) is 13.0 Å². The molecule has 0 saturated heterocycles. The van der Waals surface area contributed by atoms with Gasteiger partial charge in [-0.2, -0.15) is 0 Å². The number of hydrogen-bond donors (Lipinski definition) is 1. The molecule has 0 aliphatic heterocycles. The number of hydrogen-bond acceptors (Lipinski definition) is 1. The average Bonchev–Trinajstić information content (AvgIpc) is 3.25. The first-order valence-corrected chi connectivity index (χ1v) is 9.53. The lowest BCUT2D eigenvalue weighted by atomic mass is 10.1. The number of nitrogens with one attached hydrogen (secondary N) is 1. The summed E-state index contributed by atoms with van der Waals surface area (Å²) in [7, 11) is 0. The van der Waals surface area contributed by atoms with Crippen LogP contribution in [0.3, 0.4) is 0 Å². The monoisotopic (exact) mass is 353 g/mol. The maximum atomic E-state index is 12.6. The summed E-state index contributed by atoms with van der Waals surface area (Å²) in [6, 6.07) is 18.4. The number of rotatable bonds is 5. The highest BCUT2D eigenvalue weighted by molar-refractivity contribution is 6.21. The van der Waals surface area contributed by atoms with Crippen molar-refractivity contribution in [3.63, 3.8) is 0 Å². The van der Waals surface area contributed by atoms with Crippen LogP contribution in [0.5, 0.6) is 0 Å². The quantitative estimate of drug-likeness (QED) is 0.361. The number of carbonyl (C=O) groups is 1. The van der Waals surface area contributed by atoms with Crippen molar-refractivity contribution in [3.8, 4) is 11.1 Å². The molecule has 0 fully saturated rings. The molecule has 0 saturated carbocycles. The molecule has 1 aliphatic rings. The van der Waals surface area contributed by atoms with Crippen molar-refractivity contribution in [3.05, 3.63) is 89.9 Å². The number of aromatic nitrogens is 2. The molecule has 2 aromatic heterocycles. The first kappa shape index (κ1) is 16.0. The van der Waals surface area contributed by atoms with Crippen molar-refractivity contribution >= 4 is 16.7 Å². The summed E-state index contributed by atoms with van der Waals surface area (Å²) >= 11 is 0. The van der Waals surface area contributed by atoms with Crippen molar-refractivity contribution in [2.24, 2.45) is 0 Å². The van der Waals surface area contributed by atoms with Gasteiger partial charge in [0, 0.05) is 40.7 Å². The Labute approximate surface area is 158 Å². The summed E-state index contributed by atoms with van der Waals surface area (Å²) in [6.07, 6.45) is 9.52. The maximum Gasteiger partial charge on any atom is 0.200 e. The molecule has 5 rings (SSSR count). The van der Waals surface area contributed by atoms with Crippen LogP contribution in [0, 0.1) is 0 Å². The summed E-state index contributed by atoms with van der Waals surface area (Å²) < 4.78 is 2.15. The van der Waals surface area contributed by atoms with Crippen molar-refractivity contribution < 1.29 is 9.36 Å². The second kappa shape index (κ2) is 6.51. The van der Waals surface area contributed by atoms with E-state index in [2.05, 4.69) is 52.3 Å². The number of carbonyl (C=O) groups excluding carboxylic acids is 1. The molecular formula is C24H21N2O+. The number of H-pyrrole nitrogens is 1. The zero-order valence-corrected chi connectivity index (χ0v) is 15.1. The van der Waals surface area contributed by atoms with E-state index in [0.717, 1.165) is 48.1 Å². The number of benzene rings is 2. The minimum absolute atomic E-state index is 0.147. The van der Waals surface area contributed by atoms with Crippen LogP contribution < -0.4 is 4.57 Å².